The summed E-state index contributed by atoms with van der Waals surface area (Å²) in [5.74, 6) is -0.00340. The smallest absolute Gasteiger partial charge is 0.195 e. The van der Waals surface area contributed by atoms with Crippen LogP contribution in [-0.2, 0) is 0 Å². The highest BCUT2D eigenvalue weighted by Gasteiger charge is 2.21. The van der Waals surface area contributed by atoms with Crippen molar-refractivity contribution in [3.63, 3.8) is 0 Å². The molecule has 3 heteroatoms. The van der Waals surface area contributed by atoms with Gasteiger partial charge in [0.15, 0.2) is 5.78 Å². The minimum absolute atomic E-state index is 0.00340. The molecule has 1 heterocycles. The maximum absolute atomic E-state index is 13.3. The van der Waals surface area contributed by atoms with Gasteiger partial charge in [0.1, 0.15) is 0 Å². The number of nitrogens with zero attached hydrogens (tertiary/aromatic N) is 1. The zero-order chi connectivity index (χ0) is 18.1. The Bertz CT molecular complexity index is 1110. The lowest BCUT2D eigenvalue weighted by atomic mass is 9.90. The van der Waals surface area contributed by atoms with Crippen molar-refractivity contribution in [2.75, 3.05) is 0 Å². The number of aromatic nitrogens is 1. The molecule has 1 aromatic heterocycles. The Morgan fingerprint density at radius 2 is 1.54 bits per heavy atom. The molecule has 0 amide bonds. The van der Waals surface area contributed by atoms with Gasteiger partial charge in [-0.3, -0.25) is 9.78 Å². The molecule has 0 N–H and O–H groups in total. The third-order valence-corrected chi connectivity index (χ3v) is 4.95. The van der Waals surface area contributed by atoms with Gasteiger partial charge in [0.05, 0.1) is 11.1 Å². The van der Waals surface area contributed by atoms with Crippen LogP contribution in [0, 0.1) is 6.92 Å². The molecule has 26 heavy (non-hydrogen) atoms. The molecule has 0 bridgehead atoms. The van der Waals surface area contributed by atoms with Gasteiger partial charge < -0.3 is 0 Å². The van der Waals surface area contributed by atoms with Crippen LogP contribution < -0.4 is 0 Å². The molecule has 4 aromatic rings. The number of hydrogen-bond acceptors (Lipinski definition) is 2. The van der Waals surface area contributed by atoms with Crippen LogP contribution in [0.5, 0.6) is 0 Å². The molecule has 0 aliphatic rings. The number of hydrogen-bond donors (Lipinski definition) is 0. The molecule has 0 atom stereocenters. The average Bonchev–Trinajstić information content (AvgIpc) is 2.68. The van der Waals surface area contributed by atoms with Crippen molar-refractivity contribution in [2.24, 2.45) is 0 Å². The molecule has 3 aromatic carbocycles. The van der Waals surface area contributed by atoms with Gasteiger partial charge in [-0.1, -0.05) is 76.6 Å². The third-order valence-electron chi connectivity index (χ3n) is 4.45. The Kier molecular flexibility index (Phi) is 4.39. The van der Waals surface area contributed by atoms with Crippen LogP contribution in [0.25, 0.3) is 22.0 Å². The highest BCUT2D eigenvalue weighted by atomic mass is 79.9. The minimum atomic E-state index is -0.00340. The number of carbonyl (C=O) groups is 1. The lowest BCUT2D eigenvalue weighted by Gasteiger charge is -2.15. The van der Waals surface area contributed by atoms with Gasteiger partial charge in [0, 0.05) is 26.7 Å². The first-order valence-corrected chi connectivity index (χ1v) is 9.19. The summed E-state index contributed by atoms with van der Waals surface area (Å²) in [5.41, 5.74) is 4.90. The number of benzene rings is 3. The Balaban J connectivity index is 2.09. The van der Waals surface area contributed by atoms with E-state index in [1.54, 1.807) is 0 Å². The topological polar surface area (TPSA) is 30.0 Å². The van der Waals surface area contributed by atoms with Gasteiger partial charge in [0.25, 0.3) is 0 Å². The minimum Gasteiger partial charge on any atom is -0.289 e. The number of rotatable bonds is 3. The largest absolute Gasteiger partial charge is 0.289 e. The summed E-state index contributed by atoms with van der Waals surface area (Å²) in [6.07, 6.45) is 0. The van der Waals surface area contributed by atoms with Crippen molar-refractivity contribution in [2.45, 2.75) is 6.92 Å². The fourth-order valence-corrected chi connectivity index (χ4v) is 3.64. The van der Waals surface area contributed by atoms with E-state index < -0.39 is 0 Å². The number of fused-ring (bicyclic) bond motifs is 1. The molecule has 2 nitrogen and oxygen atoms in total. The second-order valence-electron chi connectivity index (χ2n) is 6.17. The van der Waals surface area contributed by atoms with Gasteiger partial charge in [-0.15, -0.1) is 0 Å². The predicted octanol–water partition coefficient (Wildman–Crippen LogP) is 6.20. The van der Waals surface area contributed by atoms with Crippen LogP contribution in [0.15, 0.2) is 83.3 Å². The van der Waals surface area contributed by atoms with Gasteiger partial charge in [-0.25, -0.2) is 0 Å². The van der Waals surface area contributed by atoms with Crippen molar-refractivity contribution >= 4 is 32.6 Å². The third kappa shape index (κ3) is 2.95. The molecule has 0 radical (unpaired) electrons. The molecule has 0 spiro atoms. The first kappa shape index (κ1) is 16.7. The lowest BCUT2D eigenvalue weighted by molar-refractivity contribution is 0.103. The summed E-state index contributed by atoms with van der Waals surface area (Å²) in [6.45, 7) is 1.91. The molecular formula is C23H16BrNO. The van der Waals surface area contributed by atoms with Gasteiger partial charge in [0.2, 0.25) is 0 Å². The second kappa shape index (κ2) is 6.85. The van der Waals surface area contributed by atoms with E-state index in [9.17, 15) is 4.79 Å². The van der Waals surface area contributed by atoms with E-state index >= 15 is 0 Å². The summed E-state index contributed by atoms with van der Waals surface area (Å²) in [6, 6.07) is 25.4. The van der Waals surface area contributed by atoms with Crippen LogP contribution in [0.2, 0.25) is 0 Å². The zero-order valence-corrected chi connectivity index (χ0v) is 15.8. The van der Waals surface area contributed by atoms with Gasteiger partial charge in [-0.05, 0) is 30.7 Å². The number of ketones is 1. The molecule has 126 valence electrons. The maximum atomic E-state index is 13.3. The summed E-state index contributed by atoms with van der Waals surface area (Å²) < 4.78 is 0.964. The van der Waals surface area contributed by atoms with Crippen LogP contribution in [0.4, 0.5) is 0 Å². The van der Waals surface area contributed by atoms with E-state index in [-0.39, 0.29) is 5.78 Å². The van der Waals surface area contributed by atoms with E-state index in [4.69, 9.17) is 4.98 Å². The van der Waals surface area contributed by atoms with Crippen LogP contribution in [0.3, 0.4) is 0 Å². The number of pyridine rings is 1. The van der Waals surface area contributed by atoms with E-state index in [1.165, 1.54) is 0 Å². The standard InChI is InChI=1S/C23H16BrNO/c1-15-21(23(26)17-10-6-3-7-11-17)22(16-8-4-2-5-9-16)19-14-18(24)12-13-20(19)25-15/h2-14H,1H3. The highest BCUT2D eigenvalue weighted by Crippen LogP contribution is 2.35. The fraction of sp³-hybridized carbons (Fsp3) is 0.0435. The first-order chi connectivity index (χ1) is 12.6. The van der Waals surface area contributed by atoms with Gasteiger partial charge >= 0.3 is 0 Å². The Morgan fingerprint density at radius 1 is 0.885 bits per heavy atom. The van der Waals surface area contributed by atoms with E-state index in [0.717, 1.165) is 32.2 Å². The Morgan fingerprint density at radius 3 is 2.23 bits per heavy atom. The van der Waals surface area contributed by atoms with Crippen molar-refractivity contribution < 1.29 is 4.79 Å². The summed E-state index contributed by atoms with van der Waals surface area (Å²) in [4.78, 5) is 18.0. The predicted molar refractivity (Wildman–Crippen MR) is 109 cm³/mol. The second-order valence-corrected chi connectivity index (χ2v) is 7.09. The van der Waals surface area contributed by atoms with Crippen molar-refractivity contribution in [1.82, 2.24) is 4.98 Å². The monoisotopic (exact) mass is 401 g/mol. The zero-order valence-electron chi connectivity index (χ0n) is 14.2. The number of halogens is 1. The van der Waals surface area contributed by atoms with Crippen LogP contribution in [-0.4, -0.2) is 10.8 Å². The normalized spacial score (nSPS) is 10.8. The first-order valence-electron chi connectivity index (χ1n) is 8.40. The molecule has 0 unspecified atom stereocenters. The van der Waals surface area contributed by atoms with Crippen molar-refractivity contribution in [1.29, 1.82) is 0 Å². The summed E-state index contributed by atoms with van der Waals surface area (Å²) in [5, 5.41) is 0.968. The van der Waals surface area contributed by atoms with Crippen LogP contribution in [0.1, 0.15) is 21.6 Å². The number of carbonyl (C=O) groups excluding carboxylic acids is 1. The van der Waals surface area contributed by atoms with E-state index in [2.05, 4.69) is 15.9 Å². The molecule has 0 saturated heterocycles. The highest BCUT2D eigenvalue weighted by molar-refractivity contribution is 9.10. The molecule has 0 aliphatic carbocycles. The van der Waals surface area contributed by atoms with E-state index in [0.29, 0.717) is 11.1 Å². The van der Waals surface area contributed by atoms with Crippen molar-refractivity contribution in [3.8, 4) is 11.1 Å². The molecule has 0 saturated carbocycles. The molecule has 0 fully saturated rings. The van der Waals surface area contributed by atoms with Crippen LogP contribution >= 0.6 is 15.9 Å². The van der Waals surface area contributed by atoms with Gasteiger partial charge in [-0.2, -0.15) is 0 Å². The average molecular weight is 402 g/mol. The Labute approximate surface area is 160 Å². The summed E-state index contributed by atoms with van der Waals surface area (Å²) >= 11 is 3.55. The quantitative estimate of drug-likeness (QED) is 0.382. The lowest BCUT2D eigenvalue weighted by Crippen LogP contribution is -2.08. The number of aryl methyl sites for hydroxylation is 1. The van der Waals surface area contributed by atoms with Crippen molar-refractivity contribution in [3.05, 3.63) is 100 Å². The molecule has 4 rings (SSSR count). The van der Waals surface area contributed by atoms with E-state index in [1.807, 2.05) is 85.8 Å². The summed E-state index contributed by atoms with van der Waals surface area (Å²) in [7, 11) is 0. The Hall–Kier alpha value is -2.78. The maximum Gasteiger partial charge on any atom is 0.195 e. The molecule has 0 aliphatic heterocycles. The fourth-order valence-electron chi connectivity index (χ4n) is 3.27. The molecular weight excluding hydrogens is 386 g/mol. The SMILES string of the molecule is Cc1nc2ccc(Br)cc2c(-c2ccccc2)c1C(=O)c1ccccc1.